The summed E-state index contributed by atoms with van der Waals surface area (Å²) in [6.07, 6.45) is 1.16. The fourth-order valence-electron chi connectivity index (χ4n) is 5.27. The summed E-state index contributed by atoms with van der Waals surface area (Å²) in [4.78, 5) is 40.7. The zero-order chi connectivity index (χ0) is 31.7. The van der Waals surface area contributed by atoms with Crippen LogP contribution in [0.25, 0.3) is 0 Å². The molecule has 43 heavy (non-hydrogen) atoms. The monoisotopic (exact) mass is 623 g/mol. The zero-order valence-corrected chi connectivity index (χ0v) is 24.9. The minimum absolute atomic E-state index is 0.0526. The maximum Gasteiger partial charge on any atom is 0.337 e. The summed E-state index contributed by atoms with van der Waals surface area (Å²) in [5.41, 5.74) is 11.6. The second kappa shape index (κ2) is 15.0. The van der Waals surface area contributed by atoms with Crippen molar-refractivity contribution in [2.75, 3.05) is 33.3 Å². The molecule has 2 aliphatic heterocycles. The van der Waals surface area contributed by atoms with Crippen LogP contribution in [0, 0.1) is 16.7 Å². The Kier molecular flexibility index (Phi) is 11.7. The minimum Gasteiger partial charge on any atom is -0.465 e. The van der Waals surface area contributed by atoms with Gasteiger partial charge >= 0.3 is 5.97 Å². The summed E-state index contributed by atoms with van der Waals surface area (Å²) >= 11 is 0. The van der Waals surface area contributed by atoms with Crippen LogP contribution < -0.4 is 26.8 Å². The number of hydrogen-bond donors (Lipinski definition) is 8. The molecule has 0 saturated carbocycles. The molecular weight excluding hydrogens is 582 g/mol. The van der Waals surface area contributed by atoms with Crippen LogP contribution in [0.1, 0.15) is 48.0 Å². The van der Waals surface area contributed by atoms with Crippen LogP contribution in [0.4, 0.5) is 0 Å². The Morgan fingerprint density at radius 1 is 1.12 bits per heavy atom. The van der Waals surface area contributed by atoms with E-state index in [1.165, 1.54) is 36.3 Å². The first kappa shape index (κ1) is 33.5. The molecule has 3 rings (SSSR count). The van der Waals surface area contributed by atoms with Crippen molar-refractivity contribution in [3.05, 3.63) is 35.4 Å². The van der Waals surface area contributed by atoms with Gasteiger partial charge in [0.15, 0.2) is 11.9 Å². The summed E-state index contributed by atoms with van der Waals surface area (Å²) in [6.45, 7) is 0.889. The van der Waals surface area contributed by atoms with E-state index < -0.39 is 58.4 Å². The Morgan fingerprint density at radius 3 is 2.44 bits per heavy atom. The summed E-state index contributed by atoms with van der Waals surface area (Å²) in [5.74, 6) is -2.85. The average molecular weight is 624 g/mol. The lowest BCUT2D eigenvalue weighted by atomic mass is 9.90. The molecule has 2 aliphatic rings. The van der Waals surface area contributed by atoms with Crippen molar-refractivity contribution in [3.8, 4) is 0 Å². The Morgan fingerprint density at radius 2 is 1.81 bits per heavy atom. The molecule has 1 unspecified atom stereocenters. The molecule has 1 aromatic carbocycles. The molecule has 0 aliphatic carbocycles. The van der Waals surface area contributed by atoms with Crippen LogP contribution in [-0.2, 0) is 30.1 Å². The van der Waals surface area contributed by atoms with Crippen molar-refractivity contribution < 1.29 is 32.6 Å². The van der Waals surface area contributed by atoms with Gasteiger partial charge in [-0.05, 0) is 55.7 Å². The van der Waals surface area contributed by atoms with Crippen LogP contribution in [0.15, 0.2) is 24.3 Å². The number of hydrogen-bond acceptors (Lipinski definition) is 9. The number of ether oxygens (including phenoxy) is 1. The Hall–Kier alpha value is -3.96. The SMILES string of the molecule is COC(=O)c1cccc(CS(=O)(=O)N[C@H](CC2CCN(C(=N)N)CC2)C(=O)NCC(=O)N[C@H]2CCCN(C(=N)N)C2O)c1. The van der Waals surface area contributed by atoms with Crippen LogP contribution >= 0.6 is 0 Å². The second-order valence-corrected chi connectivity index (χ2v) is 12.5. The second-order valence-electron chi connectivity index (χ2n) is 10.7. The van der Waals surface area contributed by atoms with Crippen LogP contribution in [-0.4, -0.2) is 105 Å². The fraction of sp³-hybridized carbons (Fsp3) is 0.577. The fourth-order valence-corrected chi connectivity index (χ4v) is 6.61. The zero-order valence-electron chi connectivity index (χ0n) is 24.0. The molecular formula is C26H41N9O7S. The highest BCUT2D eigenvalue weighted by atomic mass is 32.2. The lowest BCUT2D eigenvalue weighted by Gasteiger charge is -2.38. The molecule has 17 heteroatoms. The number of guanidine groups is 2. The van der Waals surface area contributed by atoms with E-state index in [1.54, 1.807) is 4.90 Å². The Labute approximate surface area is 250 Å². The molecule has 10 N–H and O–H groups in total. The quantitative estimate of drug-likeness (QED) is 0.0772. The van der Waals surface area contributed by atoms with Crippen molar-refractivity contribution in [2.45, 2.75) is 56.2 Å². The van der Waals surface area contributed by atoms with Crippen molar-refractivity contribution in [1.82, 2.24) is 25.2 Å². The van der Waals surface area contributed by atoms with Crippen molar-refractivity contribution in [1.29, 1.82) is 10.8 Å². The number of amides is 2. The molecule has 0 spiro atoms. The molecule has 16 nitrogen and oxygen atoms in total. The van der Waals surface area contributed by atoms with E-state index in [0.29, 0.717) is 50.9 Å². The topological polar surface area (TPSA) is 257 Å². The number of methoxy groups -OCH3 is 1. The molecule has 2 saturated heterocycles. The normalized spacial score (nSPS) is 20.1. The summed E-state index contributed by atoms with van der Waals surface area (Å²) in [6, 6.07) is 4.05. The van der Waals surface area contributed by atoms with Crippen LogP contribution in [0.3, 0.4) is 0 Å². The van der Waals surface area contributed by atoms with Gasteiger partial charge < -0.3 is 41.7 Å². The maximum absolute atomic E-state index is 13.3. The number of aliphatic hydroxyl groups is 1. The molecule has 2 fully saturated rings. The highest BCUT2D eigenvalue weighted by Gasteiger charge is 2.33. The van der Waals surface area contributed by atoms with Gasteiger partial charge in [0.1, 0.15) is 12.3 Å². The van der Waals surface area contributed by atoms with E-state index in [1.807, 2.05) is 0 Å². The number of nitrogens with zero attached hydrogens (tertiary/aromatic N) is 2. The maximum atomic E-state index is 13.3. The molecule has 2 amide bonds. The van der Waals surface area contributed by atoms with Crippen LogP contribution in [0.5, 0.6) is 0 Å². The number of likely N-dealkylation sites (tertiary alicyclic amines) is 2. The molecule has 3 atom stereocenters. The number of carbonyl (C=O) groups excluding carboxylic acids is 3. The number of piperidine rings is 2. The average Bonchev–Trinajstić information content (AvgIpc) is 2.96. The van der Waals surface area contributed by atoms with Crippen LogP contribution in [0.2, 0.25) is 0 Å². The Bertz CT molecular complexity index is 1300. The van der Waals surface area contributed by atoms with Crippen molar-refractivity contribution in [2.24, 2.45) is 17.4 Å². The van der Waals surface area contributed by atoms with Gasteiger partial charge in [0.2, 0.25) is 21.8 Å². The third kappa shape index (κ3) is 9.79. The van der Waals surface area contributed by atoms with Gasteiger partial charge in [0, 0.05) is 19.6 Å². The largest absolute Gasteiger partial charge is 0.465 e. The molecule has 0 aromatic heterocycles. The van der Waals surface area contributed by atoms with Gasteiger partial charge in [-0.15, -0.1) is 0 Å². The predicted molar refractivity (Wildman–Crippen MR) is 157 cm³/mol. The number of sulfonamides is 1. The van der Waals surface area contributed by atoms with Gasteiger partial charge in [-0.3, -0.25) is 20.4 Å². The third-order valence-electron chi connectivity index (χ3n) is 7.54. The summed E-state index contributed by atoms with van der Waals surface area (Å²) in [7, 11) is -2.87. The highest BCUT2D eigenvalue weighted by molar-refractivity contribution is 7.88. The number of benzene rings is 1. The lowest BCUT2D eigenvalue weighted by Crippen LogP contribution is -2.59. The Balaban J connectivity index is 1.67. The molecule has 0 radical (unpaired) electrons. The van der Waals surface area contributed by atoms with E-state index in [9.17, 15) is 27.9 Å². The predicted octanol–water partition coefficient (Wildman–Crippen LogP) is -1.83. The summed E-state index contributed by atoms with van der Waals surface area (Å²) < 4.78 is 33.5. The smallest absolute Gasteiger partial charge is 0.337 e. The molecule has 1 aromatic rings. The summed E-state index contributed by atoms with van der Waals surface area (Å²) in [5, 5.41) is 30.8. The first-order valence-electron chi connectivity index (χ1n) is 13.9. The highest BCUT2D eigenvalue weighted by Crippen LogP contribution is 2.23. The first-order valence-corrected chi connectivity index (χ1v) is 15.6. The van der Waals surface area contributed by atoms with Gasteiger partial charge in [0.25, 0.3) is 0 Å². The number of rotatable bonds is 11. The molecule has 2 heterocycles. The van der Waals surface area contributed by atoms with E-state index >= 15 is 0 Å². The van der Waals surface area contributed by atoms with E-state index in [2.05, 4.69) is 15.4 Å². The minimum atomic E-state index is -4.08. The first-order chi connectivity index (χ1) is 20.3. The van der Waals surface area contributed by atoms with Gasteiger partial charge in [0.05, 0.1) is 31.0 Å². The van der Waals surface area contributed by atoms with Crippen molar-refractivity contribution in [3.63, 3.8) is 0 Å². The van der Waals surface area contributed by atoms with Gasteiger partial charge in [-0.25, -0.2) is 17.9 Å². The standard InChI is InChI=1S/C26H41N9O7S/c1-42-24(39)18-5-2-4-17(12-18)15-43(40,41)33-20(13-16-7-10-34(11-8-16)25(27)28)22(37)31-14-21(36)32-19-6-3-9-35(23(19)38)26(29)30/h2,4-5,12,16,19-20,23,33,38H,3,6-11,13-15H2,1H3,(H3,27,28)(H3,29,30)(H,31,37)(H,32,36)/t19-,20+,23?/m0/s1. The number of esters is 1. The number of aliphatic hydroxyl groups excluding tert-OH is 1. The number of nitrogens with one attached hydrogen (secondary N) is 5. The number of nitrogens with two attached hydrogens (primary N) is 2. The molecule has 0 bridgehead atoms. The van der Waals surface area contributed by atoms with Gasteiger partial charge in [-0.1, -0.05) is 12.1 Å². The van der Waals surface area contributed by atoms with Crippen molar-refractivity contribution >= 4 is 39.7 Å². The number of carbonyl (C=O) groups is 3. The van der Waals surface area contributed by atoms with E-state index in [-0.39, 0.29) is 29.8 Å². The lowest BCUT2D eigenvalue weighted by molar-refractivity contribution is -0.128. The molecule has 238 valence electrons. The van der Waals surface area contributed by atoms with Gasteiger partial charge in [-0.2, -0.15) is 0 Å². The van der Waals surface area contributed by atoms with E-state index in [4.69, 9.17) is 27.0 Å². The third-order valence-corrected chi connectivity index (χ3v) is 8.90. The van der Waals surface area contributed by atoms with E-state index in [0.717, 1.165) is 0 Å².